The molecule has 0 spiro atoms. The van der Waals surface area contributed by atoms with Crippen LogP contribution in [0.25, 0.3) is 11.1 Å². The van der Waals surface area contributed by atoms with Crippen LogP contribution in [0.4, 0.5) is 0 Å². The molecular weight excluding hydrogens is 387 g/mol. The number of sulfone groups is 1. The van der Waals surface area contributed by atoms with Crippen LogP contribution >= 0.6 is 22.6 Å². The maximum Gasteiger partial charge on any atom is 0.154 e. The van der Waals surface area contributed by atoms with Crippen LogP contribution in [0, 0.1) is 3.57 Å². The van der Waals surface area contributed by atoms with Gasteiger partial charge in [-0.2, -0.15) is 5.10 Å². The van der Waals surface area contributed by atoms with Gasteiger partial charge in [0.2, 0.25) is 0 Å². The molecule has 108 valence electrons. The van der Waals surface area contributed by atoms with Crippen molar-refractivity contribution in [1.29, 1.82) is 0 Å². The number of aromatic nitrogens is 2. The van der Waals surface area contributed by atoms with Gasteiger partial charge in [0.1, 0.15) is 0 Å². The molecule has 4 nitrogen and oxygen atoms in total. The van der Waals surface area contributed by atoms with Gasteiger partial charge in [0, 0.05) is 15.3 Å². The second-order valence-corrected chi connectivity index (χ2v) is 8.73. The summed E-state index contributed by atoms with van der Waals surface area (Å²) in [5, 5.41) is 3.90. The molecule has 0 N–H and O–H groups in total. The Morgan fingerprint density at radius 1 is 1.30 bits per heavy atom. The Hall–Kier alpha value is -0.890. The lowest BCUT2D eigenvalue weighted by molar-refractivity contribution is 0.573. The summed E-state index contributed by atoms with van der Waals surface area (Å²) >= 11 is 2.28. The van der Waals surface area contributed by atoms with Crippen molar-refractivity contribution < 1.29 is 8.42 Å². The number of nitrogens with zero attached hydrogens (tertiary/aromatic N) is 2. The maximum absolute atomic E-state index is 11.8. The quantitative estimate of drug-likeness (QED) is 0.721. The van der Waals surface area contributed by atoms with Gasteiger partial charge in [-0.3, -0.25) is 4.68 Å². The van der Waals surface area contributed by atoms with E-state index in [4.69, 9.17) is 0 Å². The first-order valence-corrected chi connectivity index (χ1v) is 9.18. The first-order chi connectivity index (χ1) is 9.40. The van der Waals surface area contributed by atoms with Crippen LogP contribution in [-0.2, 0) is 16.4 Å². The van der Waals surface area contributed by atoms with Gasteiger partial charge in [0.15, 0.2) is 9.84 Å². The molecule has 1 heterocycles. The fraction of sp³-hybridized carbons (Fsp3) is 0.357. The molecule has 0 unspecified atom stereocenters. The molecule has 0 aliphatic heterocycles. The minimum Gasteiger partial charge on any atom is -0.271 e. The second-order valence-electron chi connectivity index (χ2n) is 4.89. The molecule has 2 rings (SSSR count). The number of halogens is 1. The van der Waals surface area contributed by atoms with Crippen molar-refractivity contribution in [2.75, 3.05) is 5.75 Å². The Bertz CT molecular complexity index is 693. The van der Waals surface area contributed by atoms with E-state index in [1.165, 1.54) is 0 Å². The van der Waals surface area contributed by atoms with Crippen molar-refractivity contribution >= 4 is 32.4 Å². The van der Waals surface area contributed by atoms with Crippen LogP contribution in [0.1, 0.15) is 13.8 Å². The summed E-state index contributed by atoms with van der Waals surface area (Å²) in [5.74, 6) is 0.123. The minimum absolute atomic E-state index is 0.123. The van der Waals surface area contributed by atoms with Gasteiger partial charge in [-0.15, -0.1) is 0 Å². The van der Waals surface area contributed by atoms with Gasteiger partial charge in [-0.25, -0.2) is 8.42 Å². The van der Waals surface area contributed by atoms with Crippen molar-refractivity contribution in [3.05, 3.63) is 40.2 Å². The number of benzene rings is 1. The van der Waals surface area contributed by atoms with Crippen molar-refractivity contribution in [3.8, 4) is 11.1 Å². The normalized spacial score (nSPS) is 12.0. The van der Waals surface area contributed by atoms with E-state index < -0.39 is 9.84 Å². The van der Waals surface area contributed by atoms with Gasteiger partial charge in [0.05, 0.1) is 23.7 Å². The first-order valence-electron chi connectivity index (χ1n) is 6.39. The Labute approximate surface area is 133 Å². The van der Waals surface area contributed by atoms with Crippen molar-refractivity contribution in [3.63, 3.8) is 0 Å². The van der Waals surface area contributed by atoms with Crippen LogP contribution in [-0.4, -0.2) is 29.2 Å². The third-order valence-corrected chi connectivity index (χ3v) is 6.27. The topological polar surface area (TPSA) is 52.0 Å². The highest BCUT2D eigenvalue weighted by Crippen LogP contribution is 2.24. The van der Waals surface area contributed by atoms with Crippen molar-refractivity contribution in [1.82, 2.24) is 9.78 Å². The highest BCUT2D eigenvalue weighted by atomic mass is 127. The number of hydrogen-bond donors (Lipinski definition) is 0. The van der Waals surface area contributed by atoms with Crippen LogP contribution in [0.15, 0.2) is 36.7 Å². The van der Waals surface area contributed by atoms with Gasteiger partial charge in [-0.05, 0) is 48.1 Å². The molecule has 0 amide bonds. The first kappa shape index (κ1) is 15.5. The van der Waals surface area contributed by atoms with Gasteiger partial charge in [0.25, 0.3) is 0 Å². The molecule has 0 saturated carbocycles. The summed E-state index contributed by atoms with van der Waals surface area (Å²) in [6, 6.07) is 8.05. The van der Waals surface area contributed by atoms with Gasteiger partial charge in [-0.1, -0.05) is 18.2 Å². The molecule has 2 aromatic rings. The number of rotatable bonds is 5. The second kappa shape index (κ2) is 6.26. The zero-order valence-corrected chi connectivity index (χ0v) is 14.4. The monoisotopic (exact) mass is 404 g/mol. The average Bonchev–Trinajstić information content (AvgIpc) is 2.85. The summed E-state index contributed by atoms with van der Waals surface area (Å²) in [6.07, 6.45) is 3.67. The third-order valence-electron chi connectivity index (χ3n) is 3.14. The smallest absolute Gasteiger partial charge is 0.154 e. The van der Waals surface area contributed by atoms with E-state index in [0.717, 1.165) is 14.7 Å². The lowest BCUT2D eigenvalue weighted by Crippen LogP contribution is -2.21. The van der Waals surface area contributed by atoms with Crippen LogP contribution in [0.5, 0.6) is 0 Å². The molecule has 0 saturated heterocycles. The molecule has 0 fully saturated rings. The molecule has 0 atom stereocenters. The Balaban J connectivity index is 2.13. The largest absolute Gasteiger partial charge is 0.271 e. The summed E-state index contributed by atoms with van der Waals surface area (Å²) in [4.78, 5) is 0. The molecule has 6 heteroatoms. The lowest BCUT2D eigenvalue weighted by atomic mass is 10.1. The fourth-order valence-electron chi connectivity index (χ4n) is 1.78. The Kier molecular flexibility index (Phi) is 4.85. The third kappa shape index (κ3) is 3.60. The lowest BCUT2D eigenvalue weighted by Gasteiger charge is -2.07. The molecule has 20 heavy (non-hydrogen) atoms. The zero-order chi connectivity index (χ0) is 14.8. The Morgan fingerprint density at radius 2 is 2.00 bits per heavy atom. The average molecular weight is 404 g/mol. The van der Waals surface area contributed by atoms with Gasteiger partial charge >= 0.3 is 0 Å². The summed E-state index contributed by atoms with van der Waals surface area (Å²) in [5.41, 5.74) is 2.13. The molecule has 0 aliphatic rings. The standard InChI is InChI=1S/C14H17IN2O2S/c1-11(2)20(18,19)8-7-17-10-12(9-16-17)13-5-3-4-6-14(13)15/h3-6,9-11H,7-8H2,1-2H3. The van der Waals surface area contributed by atoms with Crippen molar-refractivity contribution in [2.45, 2.75) is 25.6 Å². The fourth-order valence-corrected chi connectivity index (χ4v) is 3.39. The maximum atomic E-state index is 11.8. The predicted molar refractivity (Wildman–Crippen MR) is 89.3 cm³/mol. The highest BCUT2D eigenvalue weighted by Gasteiger charge is 2.16. The summed E-state index contributed by atoms with van der Waals surface area (Å²) in [6.45, 7) is 3.80. The molecule has 1 aromatic heterocycles. The van der Waals surface area contributed by atoms with Crippen molar-refractivity contribution in [2.24, 2.45) is 0 Å². The number of aryl methyl sites for hydroxylation is 1. The van der Waals surface area contributed by atoms with Crippen LogP contribution in [0.2, 0.25) is 0 Å². The summed E-state index contributed by atoms with van der Waals surface area (Å²) < 4.78 is 26.4. The zero-order valence-electron chi connectivity index (χ0n) is 11.5. The summed E-state index contributed by atoms with van der Waals surface area (Å²) in [7, 11) is -3.02. The molecule has 0 radical (unpaired) electrons. The van der Waals surface area contributed by atoms with E-state index in [9.17, 15) is 8.42 Å². The molecule has 0 bridgehead atoms. The van der Waals surface area contributed by atoms with Gasteiger partial charge < -0.3 is 0 Å². The molecule has 1 aromatic carbocycles. The van der Waals surface area contributed by atoms with E-state index in [-0.39, 0.29) is 11.0 Å². The van der Waals surface area contributed by atoms with E-state index in [1.807, 2.05) is 30.5 Å². The minimum atomic E-state index is -3.02. The number of hydrogen-bond acceptors (Lipinski definition) is 3. The van der Waals surface area contributed by atoms with E-state index in [2.05, 4.69) is 27.7 Å². The van der Waals surface area contributed by atoms with Crippen LogP contribution < -0.4 is 0 Å². The molecular formula is C14H17IN2O2S. The SMILES string of the molecule is CC(C)S(=O)(=O)CCn1cc(-c2ccccc2I)cn1. The van der Waals surface area contributed by atoms with E-state index in [0.29, 0.717) is 6.54 Å². The highest BCUT2D eigenvalue weighted by molar-refractivity contribution is 14.1. The molecule has 0 aliphatic carbocycles. The predicted octanol–water partition coefficient (Wildman–Crippen LogP) is 2.98. The van der Waals surface area contributed by atoms with E-state index >= 15 is 0 Å². The Morgan fingerprint density at radius 3 is 2.65 bits per heavy atom. The van der Waals surface area contributed by atoms with Crippen LogP contribution in [0.3, 0.4) is 0 Å². The van der Waals surface area contributed by atoms with E-state index in [1.54, 1.807) is 24.7 Å².